The molecule has 0 aliphatic carbocycles. The van der Waals surface area contributed by atoms with Crippen LogP contribution in [0.3, 0.4) is 0 Å². The van der Waals surface area contributed by atoms with Crippen LogP contribution in [0.1, 0.15) is 30.0 Å². The number of aromatic nitrogens is 5. The number of rotatable bonds is 3. The van der Waals surface area contributed by atoms with E-state index in [0.717, 1.165) is 59.4 Å². The number of aryl methyl sites for hydroxylation is 1. The van der Waals surface area contributed by atoms with Crippen molar-refractivity contribution in [3.05, 3.63) is 60.4 Å². The second kappa shape index (κ2) is 7.15. The molecule has 0 bridgehead atoms. The molecule has 7 nitrogen and oxygen atoms in total. The summed E-state index contributed by atoms with van der Waals surface area (Å²) in [7, 11) is 1.90. The van der Waals surface area contributed by atoms with Gasteiger partial charge in [0.05, 0.1) is 23.5 Å². The Labute approximate surface area is 168 Å². The van der Waals surface area contributed by atoms with E-state index < -0.39 is 0 Å². The summed E-state index contributed by atoms with van der Waals surface area (Å²) in [6.07, 6.45) is 11.5. The molecule has 0 spiro atoms. The van der Waals surface area contributed by atoms with E-state index in [-0.39, 0.29) is 0 Å². The van der Waals surface area contributed by atoms with Crippen LogP contribution < -0.4 is 5.32 Å². The second-order valence-electron chi connectivity index (χ2n) is 7.50. The lowest BCUT2D eigenvalue weighted by molar-refractivity contribution is 0.453. The van der Waals surface area contributed by atoms with Gasteiger partial charge in [0, 0.05) is 59.5 Å². The molecule has 0 aromatic carbocycles. The van der Waals surface area contributed by atoms with Gasteiger partial charge >= 0.3 is 0 Å². The molecule has 0 atom stereocenters. The van der Waals surface area contributed by atoms with E-state index in [9.17, 15) is 5.26 Å². The average molecular weight is 383 g/mol. The van der Waals surface area contributed by atoms with Crippen molar-refractivity contribution in [1.29, 1.82) is 5.26 Å². The quantitative estimate of drug-likeness (QED) is 0.588. The minimum atomic E-state index is 0.511. The van der Waals surface area contributed by atoms with Crippen LogP contribution in [-0.4, -0.2) is 37.5 Å². The van der Waals surface area contributed by atoms with Gasteiger partial charge in [-0.2, -0.15) is 15.5 Å². The summed E-state index contributed by atoms with van der Waals surface area (Å²) in [6.45, 7) is 2.09. The number of nitrogens with zero attached hydrogens (tertiary/aromatic N) is 6. The molecule has 144 valence electrons. The van der Waals surface area contributed by atoms with Crippen LogP contribution in [0.4, 0.5) is 0 Å². The van der Waals surface area contributed by atoms with Crippen LogP contribution in [0.15, 0.2) is 49.2 Å². The highest BCUT2D eigenvalue weighted by molar-refractivity contribution is 5.87. The van der Waals surface area contributed by atoms with Gasteiger partial charge in [0.15, 0.2) is 0 Å². The topological polar surface area (TPSA) is 83.8 Å². The third-order valence-electron chi connectivity index (χ3n) is 5.63. The SMILES string of the molecule is Cn1cc(-c2cc(-c3ccc(C4CCNCC4)nc3)c3c(C#N)cnn3c2)cn1. The number of piperidine rings is 1. The Kier molecular flexibility index (Phi) is 4.34. The predicted molar refractivity (Wildman–Crippen MR) is 110 cm³/mol. The van der Waals surface area contributed by atoms with Crippen molar-refractivity contribution in [3.63, 3.8) is 0 Å². The number of hydrogen-bond donors (Lipinski definition) is 1. The van der Waals surface area contributed by atoms with E-state index in [2.05, 4.69) is 39.8 Å². The van der Waals surface area contributed by atoms with E-state index in [4.69, 9.17) is 4.98 Å². The first-order chi connectivity index (χ1) is 14.2. The Balaban J connectivity index is 1.62. The van der Waals surface area contributed by atoms with Gasteiger partial charge in [-0.1, -0.05) is 6.07 Å². The van der Waals surface area contributed by atoms with E-state index in [0.29, 0.717) is 11.5 Å². The van der Waals surface area contributed by atoms with Gasteiger partial charge in [-0.15, -0.1) is 0 Å². The van der Waals surface area contributed by atoms with Crippen LogP contribution in [0.5, 0.6) is 0 Å². The number of nitriles is 1. The van der Waals surface area contributed by atoms with Crippen LogP contribution in [0.2, 0.25) is 0 Å². The summed E-state index contributed by atoms with van der Waals surface area (Å²) in [4.78, 5) is 4.78. The van der Waals surface area contributed by atoms with Gasteiger partial charge in [0.25, 0.3) is 0 Å². The molecule has 0 unspecified atom stereocenters. The average Bonchev–Trinajstić information content (AvgIpc) is 3.40. The first-order valence-corrected chi connectivity index (χ1v) is 9.80. The molecular formula is C22H21N7. The fourth-order valence-corrected chi connectivity index (χ4v) is 4.08. The molecule has 1 aliphatic heterocycles. The summed E-state index contributed by atoms with van der Waals surface area (Å²) in [6, 6.07) is 8.59. The van der Waals surface area contributed by atoms with Crippen molar-refractivity contribution in [2.75, 3.05) is 13.1 Å². The van der Waals surface area contributed by atoms with Crippen LogP contribution in [-0.2, 0) is 7.05 Å². The molecule has 29 heavy (non-hydrogen) atoms. The van der Waals surface area contributed by atoms with Gasteiger partial charge in [-0.25, -0.2) is 4.52 Å². The molecule has 0 radical (unpaired) electrons. The lowest BCUT2D eigenvalue weighted by Gasteiger charge is -2.22. The number of fused-ring (bicyclic) bond motifs is 1. The number of nitrogens with one attached hydrogen (secondary N) is 1. The lowest BCUT2D eigenvalue weighted by atomic mass is 9.93. The summed E-state index contributed by atoms with van der Waals surface area (Å²) in [5, 5.41) is 21.6. The van der Waals surface area contributed by atoms with Gasteiger partial charge < -0.3 is 5.32 Å². The van der Waals surface area contributed by atoms with Gasteiger partial charge in [-0.05, 0) is 38.1 Å². The van der Waals surface area contributed by atoms with Crippen molar-refractivity contribution in [1.82, 2.24) is 29.7 Å². The lowest BCUT2D eigenvalue weighted by Crippen LogP contribution is -2.26. The molecular weight excluding hydrogens is 362 g/mol. The van der Waals surface area contributed by atoms with Crippen LogP contribution in [0.25, 0.3) is 27.8 Å². The highest BCUT2D eigenvalue weighted by atomic mass is 15.2. The van der Waals surface area contributed by atoms with Crippen molar-refractivity contribution in [3.8, 4) is 28.3 Å². The molecule has 1 fully saturated rings. The number of hydrogen-bond acceptors (Lipinski definition) is 5. The third-order valence-corrected chi connectivity index (χ3v) is 5.63. The van der Waals surface area contributed by atoms with Crippen molar-refractivity contribution in [2.45, 2.75) is 18.8 Å². The maximum absolute atomic E-state index is 9.56. The maximum Gasteiger partial charge on any atom is 0.103 e. The van der Waals surface area contributed by atoms with Crippen LogP contribution >= 0.6 is 0 Å². The molecule has 4 aromatic rings. The Bertz CT molecular complexity index is 1200. The molecule has 5 heterocycles. The minimum Gasteiger partial charge on any atom is -0.317 e. The smallest absolute Gasteiger partial charge is 0.103 e. The molecule has 1 aliphatic rings. The largest absolute Gasteiger partial charge is 0.317 e. The standard InChI is InChI=1S/C22H21N7/c1-28-13-19(12-26-28)17-8-20(22-18(9-23)11-27-29(22)14-17)16-2-3-21(25-10-16)15-4-6-24-7-5-15/h2-3,8,10-15,24H,4-7H2,1H3. The molecule has 0 saturated carbocycles. The fraction of sp³-hybridized carbons (Fsp3) is 0.273. The summed E-state index contributed by atoms with van der Waals surface area (Å²) in [5.74, 6) is 0.511. The second-order valence-corrected chi connectivity index (χ2v) is 7.50. The van der Waals surface area contributed by atoms with Crippen molar-refractivity contribution >= 4 is 5.52 Å². The summed E-state index contributed by atoms with van der Waals surface area (Å²) in [5.41, 5.74) is 6.43. The summed E-state index contributed by atoms with van der Waals surface area (Å²) >= 11 is 0. The zero-order valence-corrected chi connectivity index (χ0v) is 16.2. The zero-order valence-electron chi connectivity index (χ0n) is 16.2. The zero-order chi connectivity index (χ0) is 19.8. The molecule has 1 N–H and O–H groups in total. The Morgan fingerprint density at radius 2 is 1.90 bits per heavy atom. The normalized spacial score (nSPS) is 14.9. The predicted octanol–water partition coefficient (Wildman–Crippen LogP) is 3.14. The van der Waals surface area contributed by atoms with E-state index in [1.54, 1.807) is 15.4 Å². The molecule has 5 rings (SSSR count). The Hall–Kier alpha value is -3.50. The molecule has 4 aromatic heterocycles. The maximum atomic E-state index is 9.56. The third kappa shape index (κ3) is 3.18. The molecule has 0 amide bonds. The fourth-order valence-electron chi connectivity index (χ4n) is 4.08. The highest BCUT2D eigenvalue weighted by Gasteiger charge is 2.18. The first-order valence-electron chi connectivity index (χ1n) is 9.80. The molecule has 1 saturated heterocycles. The Morgan fingerprint density at radius 1 is 1.03 bits per heavy atom. The van der Waals surface area contributed by atoms with Crippen LogP contribution in [0, 0.1) is 11.3 Å². The van der Waals surface area contributed by atoms with Crippen molar-refractivity contribution in [2.24, 2.45) is 7.05 Å². The molecule has 7 heteroatoms. The first kappa shape index (κ1) is 17.6. The Morgan fingerprint density at radius 3 is 2.59 bits per heavy atom. The van der Waals surface area contributed by atoms with E-state index >= 15 is 0 Å². The van der Waals surface area contributed by atoms with Gasteiger partial charge in [0.1, 0.15) is 6.07 Å². The van der Waals surface area contributed by atoms with Crippen molar-refractivity contribution < 1.29 is 0 Å². The van der Waals surface area contributed by atoms with E-state index in [1.165, 1.54) is 0 Å². The van der Waals surface area contributed by atoms with E-state index in [1.807, 2.05) is 31.8 Å². The van der Waals surface area contributed by atoms with Gasteiger partial charge in [-0.3, -0.25) is 9.67 Å². The monoisotopic (exact) mass is 383 g/mol. The summed E-state index contributed by atoms with van der Waals surface area (Å²) < 4.78 is 3.55. The highest BCUT2D eigenvalue weighted by Crippen LogP contribution is 2.32. The minimum absolute atomic E-state index is 0.511. The van der Waals surface area contributed by atoms with Gasteiger partial charge in [0.2, 0.25) is 0 Å². The number of pyridine rings is 2.